The van der Waals surface area contributed by atoms with E-state index in [4.69, 9.17) is 0 Å². The van der Waals surface area contributed by atoms with Gasteiger partial charge in [0, 0.05) is 12.2 Å². The fourth-order valence-corrected chi connectivity index (χ4v) is 1.49. The molecule has 1 aromatic carbocycles. The Morgan fingerprint density at radius 3 is 2.38 bits per heavy atom. The van der Waals surface area contributed by atoms with Crippen LogP contribution in [0.1, 0.15) is 6.42 Å². The second-order valence-corrected chi connectivity index (χ2v) is 4.47. The summed E-state index contributed by atoms with van der Waals surface area (Å²) in [5.74, 6) is -0.673. The lowest BCUT2D eigenvalue weighted by atomic mass is 10.3. The summed E-state index contributed by atoms with van der Waals surface area (Å²) in [6.45, 7) is -0.602. The van der Waals surface area contributed by atoms with Crippen LogP contribution < -0.4 is 10.6 Å². The number of hydrogen-bond donors (Lipinski definition) is 2. The summed E-state index contributed by atoms with van der Waals surface area (Å²) < 4.78 is 36.0. The third-order valence-corrected chi connectivity index (χ3v) is 2.48. The molecular weight excluding hydrogens is 287 g/mol. The highest BCUT2D eigenvalue weighted by molar-refractivity contribution is 6.01. The number of rotatable bonds is 5. The highest BCUT2D eigenvalue weighted by Crippen LogP contribution is 2.19. The molecule has 8 heteroatoms. The predicted octanol–water partition coefficient (Wildman–Crippen LogP) is 2.22. The van der Waals surface area contributed by atoms with Crippen LogP contribution in [-0.2, 0) is 4.79 Å². The van der Waals surface area contributed by atoms with Gasteiger partial charge >= 0.3 is 12.2 Å². The minimum absolute atomic E-state index is 0.293. The first-order valence-electron chi connectivity index (χ1n) is 6.17. The monoisotopic (exact) mass is 303 g/mol. The molecule has 0 saturated carbocycles. The van der Waals surface area contributed by atoms with Crippen LogP contribution in [0, 0.1) is 0 Å². The molecule has 0 saturated heterocycles. The van der Waals surface area contributed by atoms with Gasteiger partial charge in [-0.15, -0.1) is 0 Å². The van der Waals surface area contributed by atoms with Crippen molar-refractivity contribution in [3.05, 3.63) is 30.3 Å². The molecule has 0 aliphatic carbocycles. The largest absolute Gasteiger partial charge is 0.390 e. The third-order valence-electron chi connectivity index (χ3n) is 2.48. The lowest BCUT2D eigenvalue weighted by Gasteiger charge is -2.17. The molecule has 2 N–H and O–H groups in total. The molecule has 1 aromatic rings. The van der Waals surface area contributed by atoms with Gasteiger partial charge in [-0.2, -0.15) is 13.2 Å². The van der Waals surface area contributed by atoms with Crippen LogP contribution >= 0.6 is 0 Å². The second-order valence-electron chi connectivity index (χ2n) is 4.47. The highest BCUT2D eigenvalue weighted by atomic mass is 19.4. The Balaban J connectivity index is 2.31. The van der Waals surface area contributed by atoms with Gasteiger partial charge in [0.2, 0.25) is 5.91 Å². The van der Waals surface area contributed by atoms with Crippen LogP contribution in [0.25, 0.3) is 0 Å². The molecule has 116 valence electrons. The van der Waals surface area contributed by atoms with Gasteiger partial charge in [-0.1, -0.05) is 18.2 Å². The molecule has 1 rings (SSSR count). The van der Waals surface area contributed by atoms with Gasteiger partial charge in [0.25, 0.3) is 0 Å². The van der Waals surface area contributed by atoms with E-state index in [1.807, 2.05) is 5.32 Å². The topological polar surface area (TPSA) is 61.4 Å². The van der Waals surface area contributed by atoms with Crippen molar-refractivity contribution in [2.45, 2.75) is 12.6 Å². The van der Waals surface area contributed by atoms with Crippen molar-refractivity contribution in [1.29, 1.82) is 0 Å². The Labute approximate surface area is 120 Å². The highest BCUT2D eigenvalue weighted by Gasteiger charge is 2.27. The number of hydrogen-bond acceptors (Lipinski definition) is 3. The number of para-hydroxylation sites is 1. The fourth-order valence-electron chi connectivity index (χ4n) is 1.49. The number of halogens is 3. The van der Waals surface area contributed by atoms with Gasteiger partial charge in [-0.25, -0.2) is 4.79 Å². The van der Waals surface area contributed by atoms with E-state index in [0.29, 0.717) is 5.69 Å². The second kappa shape index (κ2) is 7.63. The quantitative estimate of drug-likeness (QED) is 0.877. The van der Waals surface area contributed by atoms with Crippen LogP contribution in [0.5, 0.6) is 0 Å². The fraction of sp³-hybridized carbons (Fsp3) is 0.385. The molecule has 5 nitrogen and oxygen atoms in total. The van der Waals surface area contributed by atoms with Gasteiger partial charge in [0.15, 0.2) is 0 Å². The number of carbonyl (C=O) groups excluding carboxylic acids is 2. The van der Waals surface area contributed by atoms with E-state index in [2.05, 4.69) is 5.32 Å². The van der Waals surface area contributed by atoms with Crippen molar-refractivity contribution in [1.82, 2.24) is 10.2 Å². The number of alkyl halides is 3. The van der Waals surface area contributed by atoms with Gasteiger partial charge in [0.05, 0.1) is 13.0 Å². The van der Waals surface area contributed by atoms with Gasteiger partial charge < -0.3 is 5.32 Å². The summed E-state index contributed by atoms with van der Waals surface area (Å²) in [6, 6.07) is 7.74. The molecular formula is C13H16F3N3O2. The van der Waals surface area contributed by atoms with E-state index in [9.17, 15) is 22.8 Å². The van der Waals surface area contributed by atoms with Crippen molar-refractivity contribution in [2.24, 2.45) is 0 Å². The number of benzene rings is 1. The maximum Gasteiger partial charge on any atom is 0.390 e. The van der Waals surface area contributed by atoms with Crippen molar-refractivity contribution in [3.8, 4) is 0 Å². The first-order chi connectivity index (χ1) is 9.76. The van der Waals surface area contributed by atoms with E-state index in [0.717, 1.165) is 0 Å². The maximum atomic E-state index is 12.0. The number of imide groups is 1. The zero-order valence-electron chi connectivity index (χ0n) is 11.4. The minimum Gasteiger partial charge on any atom is -0.308 e. The third kappa shape index (κ3) is 7.93. The Bertz CT molecular complexity index is 477. The Morgan fingerprint density at radius 2 is 1.81 bits per heavy atom. The van der Waals surface area contributed by atoms with E-state index >= 15 is 0 Å². The number of urea groups is 1. The van der Waals surface area contributed by atoms with Gasteiger partial charge in [-0.3, -0.25) is 15.0 Å². The molecule has 0 heterocycles. The Kier molecular flexibility index (Phi) is 6.16. The van der Waals surface area contributed by atoms with E-state index in [1.54, 1.807) is 30.3 Å². The number of amides is 3. The molecule has 0 fully saturated rings. The first kappa shape index (κ1) is 17.0. The molecule has 0 spiro atoms. The molecule has 21 heavy (non-hydrogen) atoms. The SMILES string of the molecule is CN(CCC(F)(F)F)CC(=O)NC(=O)Nc1ccccc1. The van der Waals surface area contributed by atoms with Crippen molar-refractivity contribution < 1.29 is 22.8 Å². The summed E-state index contributed by atoms with van der Waals surface area (Å²) in [7, 11) is 1.38. The summed E-state index contributed by atoms with van der Waals surface area (Å²) in [5, 5.41) is 4.48. The van der Waals surface area contributed by atoms with Crippen LogP contribution in [0.3, 0.4) is 0 Å². The van der Waals surface area contributed by atoms with Crippen molar-refractivity contribution in [2.75, 3.05) is 25.5 Å². The van der Waals surface area contributed by atoms with Crippen molar-refractivity contribution >= 4 is 17.6 Å². The molecule has 0 aromatic heterocycles. The number of nitrogens with zero attached hydrogens (tertiary/aromatic N) is 1. The van der Waals surface area contributed by atoms with E-state index in [-0.39, 0.29) is 13.1 Å². The summed E-state index contributed by atoms with van der Waals surface area (Å²) in [5.41, 5.74) is 0.508. The van der Waals surface area contributed by atoms with Crippen LogP contribution in [0.4, 0.5) is 23.7 Å². The van der Waals surface area contributed by atoms with Crippen LogP contribution in [0.15, 0.2) is 30.3 Å². The standard InChI is InChI=1S/C13H16F3N3O2/c1-19(8-7-13(14,15)16)9-11(20)18-12(21)17-10-5-3-2-4-6-10/h2-6H,7-9H2,1H3,(H2,17,18,20,21). The molecule has 0 atom stereocenters. The molecule has 3 amide bonds. The normalized spacial score (nSPS) is 11.3. The molecule has 0 unspecified atom stereocenters. The molecule has 0 aliphatic rings. The summed E-state index contributed by atoms with van der Waals surface area (Å²) in [4.78, 5) is 24.2. The lowest BCUT2D eigenvalue weighted by Crippen LogP contribution is -2.41. The maximum absolute atomic E-state index is 12.0. The number of anilines is 1. The molecule has 0 aliphatic heterocycles. The lowest BCUT2D eigenvalue weighted by molar-refractivity contribution is -0.139. The summed E-state index contributed by atoms with van der Waals surface area (Å²) in [6.07, 6.45) is -5.28. The zero-order valence-corrected chi connectivity index (χ0v) is 11.4. The van der Waals surface area contributed by atoms with E-state index < -0.39 is 24.5 Å². The average Bonchev–Trinajstić information content (AvgIpc) is 2.36. The van der Waals surface area contributed by atoms with Crippen molar-refractivity contribution in [3.63, 3.8) is 0 Å². The Hall–Kier alpha value is -2.09. The predicted molar refractivity (Wildman–Crippen MR) is 71.8 cm³/mol. The molecule has 0 bridgehead atoms. The zero-order chi connectivity index (χ0) is 15.9. The average molecular weight is 303 g/mol. The summed E-state index contributed by atoms with van der Waals surface area (Å²) >= 11 is 0. The smallest absolute Gasteiger partial charge is 0.308 e. The van der Waals surface area contributed by atoms with Gasteiger partial charge in [-0.05, 0) is 19.2 Å². The first-order valence-corrected chi connectivity index (χ1v) is 6.17. The van der Waals surface area contributed by atoms with E-state index in [1.165, 1.54) is 11.9 Å². The number of carbonyl (C=O) groups is 2. The van der Waals surface area contributed by atoms with Crippen LogP contribution in [0.2, 0.25) is 0 Å². The number of likely N-dealkylation sites (N-methyl/N-ethyl adjacent to an activating group) is 1. The number of nitrogens with one attached hydrogen (secondary N) is 2. The van der Waals surface area contributed by atoms with Crippen LogP contribution in [-0.4, -0.2) is 43.2 Å². The molecule has 0 radical (unpaired) electrons. The minimum atomic E-state index is -4.27. The Morgan fingerprint density at radius 1 is 1.19 bits per heavy atom. The van der Waals surface area contributed by atoms with Gasteiger partial charge in [0.1, 0.15) is 0 Å².